The van der Waals surface area contributed by atoms with E-state index in [1.807, 2.05) is 0 Å². The van der Waals surface area contributed by atoms with Crippen LogP contribution in [0.25, 0.3) is 0 Å². The van der Waals surface area contributed by atoms with Crippen LogP contribution in [0.2, 0.25) is 0 Å². The number of rotatable bonds is 11. The summed E-state index contributed by atoms with van der Waals surface area (Å²) in [4.78, 5) is 0. The lowest BCUT2D eigenvalue weighted by molar-refractivity contribution is 0.607. The fraction of sp³-hybridized carbons (Fsp3) is 0.727. The van der Waals surface area contributed by atoms with Crippen molar-refractivity contribution in [2.24, 2.45) is 0 Å². The predicted octanol–water partition coefficient (Wildman–Crippen LogP) is 7.87. The summed E-state index contributed by atoms with van der Waals surface area (Å²) in [6.45, 7) is 8.91. The lowest BCUT2D eigenvalue weighted by Crippen LogP contribution is -1.86. The van der Waals surface area contributed by atoms with Gasteiger partial charge < -0.3 is 0 Å². The van der Waals surface area contributed by atoms with E-state index in [4.69, 9.17) is 0 Å². The molecule has 0 heterocycles. The Morgan fingerprint density at radius 1 is 0.545 bits per heavy atom. The van der Waals surface area contributed by atoms with Gasteiger partial charge in [-0.15, -0.1) is 0 Å². The van der Waals surface area contributed by atoms with E-state index in [0.717, 1.165) is 0 Å². The lowest BCUT2D eigenvalue weighted by Gasteiger charge is -2.02. The first kappa shape index (κ1) is 21.2. The fourth-order valence-corrected chi connectivity index (χ4v) is 2.54. The van der Waals surface area contributed by atoms with E-state index in [1.165, 1.54) is 88.2 Å². The quantitative estimate of drug-likeness (QED) is 0.365. The third-order valence-corrected chi connectivity index (χ3v) is 4.15. The van der Waals surface area contributed by atoms with Crippen LogP contribution in [-0.2, 0) is 6.42 Å². The van der Waals surface area contributed by atoms with Gasteiger partial charge in [-0.25, -0.2) is 0 Å². The second kappa shape index (κ2) is 16.6. The normalized spacial score (nSPS) is 10.2. The summed E-state index contributed by atoms with van der Waals surface area (Å²) in [6, 6.07) is 8.96. The Kier molecular flexibility index (Phi) is 16.0. The second-order valence-electron chi connectivity index (χ2n) is 6.56. The molecule has 0 aliphatic heterocycles. The van der Waals surface area contributed by atoms with Gasteiger partial charge in [-0.05, 0) is 25.3 Å². The molecule has 0 aromatic heterocycles. The molecular formula is C22H40. The van der Waals surface area contributed by atoms with Crippen molar-refractivity contribution < 1.29 is 0 Å². The van der Waals surface area contributed by atoms with Crippen molar-refractivity contribution >= 4 is 0 Å². The molecule has 0 aliphatic carbocycles. The largest absolute Gasteiger partial charge is 0.0654 e. The highest BCUT2D eigenvalue weighted by Gasteiger charge is 1.93. The highest BCUT2D eigenvalue weighted by molar-refractivity contribution is 5.21. The highest BCUT2D eigenvalue weighted by atomic mass is 14.0. The minimum absolute atomic E-state index is 1.26. The smallest absolute Gasteiger partial charge is 0.0279 e. The zero-order valence-corrected chi connectivity index (χ0v) is 15.8. The van der Waals surface area contributed by atoms with Crippen molar-refractivity contribution in [1.82, 2.24) is 0 Å². The topological polar surface area (TPSA) is 0 Å². The van der Waals surface area contributed by atoms with Crippen LogP contribution >= 0.6 is 0 Å². The first-order valence-corrected chi connectivity index (χ1v) is 9.80. The SMILES string of the molecule is CCCCCCC.CCCCCCCCc1ccc(C)cc1. The molecule has 22 heavy (non-hydrogen) atoms. The second-order valence-corrected chi connectivity index (χ2v) is 6.56. The van der Waals surface area contributed by atoms with Crippen LogP contribution in [0.5, 0.6) is 0 Å². The first-order chi connectivity index (χ1) is 10.7. The van der Waals surface area contributed by atoms with Gasteiger partial charge in [0.1, 0.15) is 0 Å². The lowest BCUT2D eigenvalue weighted by atomic mass is 10.0. The number of benzene rings is 1. The Bertz CT molecular complexity index is 305. The Morgan fingerprint density at radius 3 is 1.45 bits per heavy atom. The maximum Gasteiger partial charge on any atom is -0.0279 e. The molecule has 1 rings (SSSR count). The molecule has 1 aromatic carbocycles. The molecule has 0 heteroatoms. The summed E-state index contributed by atoms with van der Waals surface area (Å²) >= 11 is 0. The van der Waals surface area contributed by atoms with E-state index in [-0.39, 0.29) is 0 Å². The van der Waals surface area contributed by atoms with Gasteiger partial charge in [0, 0.05) is 0 Å². The van der Waals surface area contributed by atoms with Crippen molar-refractivity contribution in [3.8, 4) is 0 Å². The van der Waals surface area contributed by atoms with Crippen LogP contribution in [0, 0.1) is 6.92 Å². The highest BCUT2D eigenvalue weighted by Crippen LogP contribution is 2.10. The molecule has 0 bridgehead atoms. The summed E-state index contributed by atoms with van der Waals surface area (Å²) in [6.07, 6.45) is 16.6. The molecule has 0 fully saturated rings. The van der Waals surface area contributed by atoms with Crippen LogP contribution in [0.15, 0.2) is 24.3 Å². The zero-order chi connectivity index (χ0) is 16.5. The van der Waals surface area contributed by atoms with Gasteiger partial charge >= 0.3 is 0 Å². The van der Waals surface area contributed by atoms with Gasteiger partial charge in [-0.2, -0.15) is 0 Å². The predicted molar refractivity (Wildman–Crippen MR) is 103 cm³/mol. The Hall–Kier alpha value is -0.780. The Labute approximate surface area is 140 Å². The molecule has 0 aliphatic rings. The van der Waals surface area contributed by atoms with E-state index >= 15 is 0 Å². The third-order valence-electron chi connectivity index (χ3n) is 4.15. The summed E-state index contributed by atoms with van der Waals surface area (Å²) in [5.74, 6) is 0. The van der Waals surface area contributed by atoms with Crippen molar-refractivity contribution in [2.75, 3.05) is 0 Å². The molecular weight excluding hydrogens is 264 g/mol. The molecule has 0 amide bonds. The van der Waals surface area contributed by atoms with E-state index in [9.17, 15) is 0 Å². The third kappa shape index (κ3) is 14.2. The number of unbranched alkanes of at least 4 members (excludes halogenated alkanes) is 9. The molecule has 0 atom stereocenters. The van der Waals surface area contributed by atoms with Crippen LogP contribution in [0.1, 0.15) is 103 Å². The van der Waals surface area contributed by atoms with E-state index < -0.39 is 0 Å². The average molecular weight is 305 g/mol. The first-order valence-electron chi connectivity index (χ1n) is 9.80. The molecule has 1 aromatic rings. The van der Waals surface area contributed by atoms with Crippen molar-refractivity contribution in [3.05, 3.63) is 35.4 Å². The zero-order valence-electron chi connectivity index (χ0n) is 15.8. The molecule has 0 N–H and O–H groups in total. The summed E-state index contributed by atoms with van der Waals surface area (Å²) in [5.41, 5.74) is 2.86. The summed E-state index contributed by atoms with van der Waals surface area (Å²) in [7, 11) is 0. The van der Waals surface area contributed by atoms with Crippen molar-refractivity contribution in [2.45, 2.75) is 105 Å². The molecule has 128 valence electrons. The summed E-state index contributed by atoms with van der Waals surface area (Å²) < 4.78 is 0. The number of aryl methyl sites for hydroxylation is 2. The molecule has 0 saturated carbocycles. The number of hydrogen-bond acceptors (Lipinski definition) is 0. The average Bonchev–Trinajstić information content (AvgIpc) is 2.54. The van der Waals surface area contributed by atoms with Gasteiger partial charge in [0.25, 0.3) is 0 Å². The molecule has 0 unspecified atom stereocenters. The van der Waals surface area contributed by atoms with E-state index in [2.05, 4.69) is 52.0 Å². The Morgan fingerprint density at radius 2 is 0.955 bits per heavy atom. The van der Waals surface area contributed by atoms with Crippen molar-refractivity contribution in [3.63, 3.8) is 0 Å². The molecule has 0 nitrogen and oxygen atoms in total. The van der Waals surface area contributed by atoms with Crippen LogP contribution in [0.3, 0.4) is 0 Å². The fourth-order valence-electron chi connectivity index (χ4n) is 2.54. The Balaban J connectivity index is 0.000000534. The maximum atomic E-state index is 2.27. The summed E-state index contributed by atoms with van der Waals surface area (Å²) in [5, 5.41) is 0. The van der Waals surface area contributed by atoms with Crippen LogP contribution in [-0.4, -0.2) is 0 Å². The van der Waals surface area contributed by atoms with E-state index in [0.29, 0.717) is 0 Å². The van der Waals surface area contributed by atoms with Crippen LogP contribution < -0.4 is 0 Å². The van der Waals surface area contributed by atoms with Gasteiger partial charge in [-0.1, -0.05) is 115 Å². The van der Waals surface area contributed by atoms with Crippen molar-refractivity contribution in [1.29, 1.82) is 0 Å². The minimum Gasteiger partial charge on any atom is -0.0654 e. The van der Waals surface area contributed by atoms with Gasteiger partial charge in [0.2, 0.25) is 0 Å². The van der Waals surface area contributed by atoms with Gasteiger partial charge in [0.05, 0.1) is 0 Å². The molecule has 0 spiro atoms. The molecule has 0 radical (unpaired) electrons. The standard InChI is InChI=1S/C15H24.C7H16/c1-3-4-5-6-7-8-9-15-12-10-14(2)11-13-15;1-3-5-7-6-4-2/h10-13H,3-9H2,1-2H3;3-7H2,1-2H3. The number of hydrogen-bond donors (Lipinski definition) is 0. The maximum absolute atomic E-state index is 2.27. The molecule has 0 saturated heterocycles. The van der Waals surface area contributed by atoms with Gasteiger partial charge in [-0.3, -0.25) is 0 Å². The van der Waals surface area contributed by atoms with E-state index in [1.54, 1.807) is 0 Å². The minimum atomic E-state index is 1.26. The monoisotopic (exact) mass is 304 g/mol. The van der Waals surface area contributed by atoms with Crippen LogP contribution in [0.4, 0.5) is 0 Å². The van der Waals surface area contributed by atoms with Gasteiger partial charge in [0.15, 0.2) is 0 Å².